The number of hydrogen-bond acceptors (Lipinski definition) is 5. The molecule has 0 aliphatic carbocycles. The van der Waals surface area contributed by atoms with E-state index in [1.165, 1.54) is 231 Å². The average Bonchev–Trinajstić information content (AvgIpc) is 3.38. The highest BCUT2D eigenvalue weighted by atomic mass is 16.6. The van der Waals surface area contributed by atoms with E-state index >= 15 is 0 Å². The predicted octanol–water partition coefficient (Wildman–Crippen LogP) is 22.2. The van der Waals surface area contributed by atoms with Gasteiger partial charge in [-0.05, 0) is 57.8 Å². The zero-order valence-electron chi connectivity index (χ0n) is 48.7. The number of allylic oxidation sites excluding steroid dienone is 8. The molecule has 0 saturated heterocycles. The highest BCUT2D eigenvalue weighted by Crippen LogP contribution is 2.18. The van der Waals surface area contributed by atoms with Crippen LogP contribution in [0.1, 0.15) is 342 Å². The molecule has 72 heavy (non-hydrogen) atoms. The molecule has 1 atom stereocenters. The Balaban J connectivity index is 4.25. The van der Waals surface area contributed by atoms with Gasteiger partial charge in [-0.1, -0.05) is 320 Å². The standard InChI is InChI=1S/C67H124O5/c1-4-7-10-13-16-19-22-25-28-31-33-35-38-41-44-47-50-53-56-59-62-70-63-65(72-67(69)61-58-55-52-49-46-43-40-36-30-27-24-21-18-15-12-9-6-3)64-71-66(68)60-57-54-51-48-45-42-39-37-34-32-29-26-23-20-17-14-11-8-5-2/h9,12,18,21,27,30,40,43,65H,4-8,10-11,13-17,19-20,22-26,28-29,31-39,41-42,44-64H2,1-3H3/b12-9-,21-18-,30-27-,43-40-. The van der Waals surface area contributed by atoms with E-state index in [-0.39, 0.29) is 25.2 Å². The molecule has 0 aliphatic rings. The van der Waals surface area contributed by atoms with Crippen molar-refractivity contribution in [3.8, 4) is 0 Å². The fraction of sp³-hybridized carbons (Fsp3) is 0.851. The Bertz CT molecular complexity index is 1190. The van der Waals surface area contributed by atoms with Gasteiger partial charge in [0.1, 0.15) is 6.61 Å². The molecule has 1 unspecified atom stereocenters. The first kappa shape index (κ1) is 69.9. The van der Waals surface area contributed by atoms with E-state index in [0.29, 0.717) is 19.4 Å². The van der Waals surface area contributed by atoms with Crippen LogP contribution in [0.5, 0.6) is 0 Å². The summed E-state index contributed by atoms with van der Waals surface area (Å²) in [5, 5.41) is 0. The number of rotatable bonds is 60. The Morgan fingerprint density at radius 1 is 0.319 bits per heavy atom. The predicted molar refractivity (Wildman–Crippen MR) is 316 cm³/mol. The number of ether oxygens (including phenoxy) is 3. The third-order valence-corrected chi connectivity index (χ3v) is 14.4. The second-order valence-electron chi connectivity index (χ2n) is 21.7. The van der Waals surface area contributed by atoms with Crippen molar-refractivity contribution in [3.63, 3.8) is 0 Å². The van der Waals surface area contributed by atoms with Crippen LogP contribution in [-0.2, 0) is 23.8 Å². The van der Waals surface area contributed by atoms with Gasteiger partial charge in [0.2, 0.25) is 0 Å². The Kier molecular flexibility index (Phi) is 61.3. The Morgan fingerprint density at radius 2 is 0.625 bits per heavy atom. The molecule has 422 valence electrons. The third-order valence-electron chi connectivity index (χ3n) is 14.4. The van der Waals surface area contributed by atoms with Crippen LogP contribution in [0.25, 0.3) is 0 Å². The van der Waals surface area contributed by atoms with Gasteiger partial charge in [-0.15, -0.1) is 0 Å². The molecule has 0 amide bonds. The number of carbonyl (C=O) groups is 2. The van der Waals surface area contributed by atoms with Crippen molar-refractivity contribution >= 4 is 11.9 Å². The minimum Gasteiger partial charge on any atom is -0.462 e. The van der Waals surface area contributed by atoms with Gasteiger partial charge >= 0.3 is 11.9 Å². The molecule has 0 aliphatic heterocycles. The lowest BCUT2D eigenvalue weighted by Crippen LogP contribution is -2.30. The first-order chi connectivity index (χ1) is 35.6. The molecule has 0 rings (SSSR count). The molecular weight excluding hydrogens is 885 g/mol. The summed E-state index contributed by atoms with van der Waals surface area (Å²) in [5.41, 5.74) is 0. The quantitative estimate of drug-likeness (QED) is 0.0345. The van der Waals surface area contributed by atoms with Crippen LogP contribution >= 0.6 is 0 Å². The van der Waals surface area contributed by atoms with Gasteiger partial charge in [-0.3, -0.25) is 9.59 Å². The number of carbonyl (C=O) groups excluding carboxylic acids is 2. The Morgan fingerprint density at radius 3 is 1.00 bits per heavy atom. The van der Waals surface area contributed by atoms with Crippen LogP contribution < -0.4 is 0 Å². The van der Waals surface area contributed by atoms with Crippen molar-refractivity contribution in [1.82, 2.24) is 0 Å². The SMILES string of the molecule is CC/C=C\C/C=C\C/C=C\C/C=C\CCCCCCC(=O)OC(COCCCCCCCCCCCCCCCCCCCCCC)COC(=O)CCCCCCCCCCCCCCCCCCCCC. The molecule has 0 spiro atoms. The molecule has 0 bridgehead atoms. The van der Waals surface area contributed by atoms with Crippen molar-refractivity contribution < 1.29 is 23.8 Å². The molecule has 0 fully saturated rings. The topological polar surface area (TPSA) is 61.8 Å². The van der Waals surface area contributed by atoms with Crippen molar-refractivity contribution in [2.45, 2.75) is 348 Å². The zero-order chi connectivity index (χ0) is 52.0. The van der Waals surface area contributed by atoms with Crippen LogP contribution in [0.4, 0.5) is 0 Å². The Labute approximate surface area is 450 Å². The molecule has 0 heterocycles. The summed E-state index contributed by atoms with van der Waals surface area (Å²) in [5.74, 6) is -0.401. The summed E-state index contributed by atoms with van der Waals surface area (Å²) in [6.45, 7) is 7.77. The maximum atomic E-state index is 12.9. The third kappa shape index (κ3) is 60.4. The normalized spacial score (nSPS) is 12.4. The lowest BCUT2D eigenvalue weighted by Gasteiger charge is -2.18. The molecule has 0 aromatic carbocycles. The van der Waals surface area contributed by atoms with Crippen LogP contribution in [0, 0.1) is 0 Å². The summed E-state index contributed by atoms with van der Waals surface area (Å²) in [4.78, 5) is 25.6. The molecule has 0 aromatic heterocycles. The van der Waals surface area contributed by atoms with Crippen molar-refractivity contribution in [3.05, 3.63) is 48.6 Å². The first-order valence-corrected chi connectivity index (χ1v) is 32.2. The van der Waals surface area contributed by atoms with Crippen LogP contribution in [0.2, 0.25) is 0 Å². The lowest BCUT2D eigenvalue weighted by atomic mass is 10.0. The van der Waals surface area contributed by atoms with Gasteiger partial charge in [0.05, 0.1) is 6.61 Å². The molecule has 0 N–H and O–H groups in total. The van der Waals surface area contributed by atoms with E-state index < -0.39 is 6.10 Å². The van der Waals surface area contributed by atoms with E-state index in [2.05, 4.69) is 69.4 Å². The van der Waals surface area contributed by atoms with Crippen molar-refractivity contribution in [2.75, 3.05) is 19.8 Å². The highest BCUT2D eigenvalue weighted by molar-refractivity contribution is 5.70. The summed E-state index contributed by atoms with van der Waals surface area (Å²) in [6.07, 6.45) is 80.1. The smallest absolute Gasteiger partial charge is 0.306 e. The fourth-order valence-corrected chi connectivity index (χ4v) is 9.62. The lowest BCUT2D eigenvalue weighted by molar-refractivity contribution is -0.163. The van der Waals surface area contributed by atoms with Gasteiger partial charge in [0.25, 0.3) is 0 Å². The maximum Gasteiger partial charge on any atom is 0.306 e. The molecule has 5 heteroatoms. The monoisotopic (exact) mass is 1010 g/mol. The van der Waals surface area contributed by atoms with Gasteiger partial charge in [0, 0.05) is 19.4 Å². The van der Waals surface area contributed by atoms with Gasteiger partial charge in [-0.2, -0.15) is 0 Å². The second kappa shape index (κ2) is 63.2. The van der Waals surface area contributed by atoms with Crippen LogP contribution in [0.15, 0.2) is 48.6 Å². The van der Waals surface area contributed by atoms with E-state index in [0.717, 1.165) is 77.0 Å². The van der Waals surface area contributed by atoms with Gasteiger partial charge < -0.3 is 14.2 Å². The summed E-state index contributed by atoms with van der Waals surface area (Å²) < 4.78 is 17.5. The number of unbranched alkanes of at least 4 members (excludes halogenated alkanes) is 41. The van der Waals surface area contributed by atoms with E-state index in [1.807, 2.05) is 0 Å². The summed E-state index contributed by atoms with van der Waals surface area (Å²) >= 11 is 0. The molecular formula is C67H124O5. The van der Waals surface area contributed by atoms with Gasteiger partial charge in [0.15, 0.2) is 6.10 Å². The zero-order valence-corrected chi connectivity index (χ0v) is 48.7. The number of esters is 2. The van der Waals surface area contributed by atoms with Gasteiger partial charge in [-0.25, -0.2) is 0 Å². The van der Waals surface area contributed by atoms with E-state index in [4.69, 9.17) is 14.2 Å². The van der Waals surface area contributed by atoms with Crippen molar-refractivity contribution in [1.29, 1.82) is 0 Å². The average molecular weight is 1010 g/mol. The molecule has 0 saturated carbocycles. The molecule has 5 nitrogen and oxygen atoms in total. The molecule has 0 radical (unpaired) electrons. The van der Waals surface area contributed by atoms with E-state index in [9.17, 15) is 9.59 Å². The van der Waals surface area contributed by atoms with Crippen molar-refractivity contribution in [2.24, 2.45) is 0 Å². The highest BCUT2D eigenvalue weighted by Gasteiger charge is 2.18. The van der Waals surface area contributed by atoms with E-state index in [1.54, 1.807) is 0 Å². The summed E-state index contributed by atoms with van der Waals surface area (Å²) in [7, 11) is 0. The fourth-order valence-electron chi connectivity index (χ4n) is 9.62. The minimum atomic E-state index is -0.546. The second-order valence-corrected chi connectivity index (χ2v) is 21.7. The molecule has 0 aromatic rings. The largest absolute Gasteiger partial charge is 0.462 e. The number of hydrogen-bond donors (Lipinski definition) is 0. The maximum absolute atomic E-state index is 12.9. The van der Waals surface area contributed by atoms with Crippen LogP contribution in [-0.4, -0.2) is 37.9 Å². The first-order valence-electron chi connectivity index (χ1n) is 32.2. The van der Waals surface area contributed by atoms with Crippen LogP contribution in [0.3, 0.4) is 0 Å². The summed E-state index contributed by atoms with van der Waals surface area (Å²) in [6, 6.07) is 0. The minimum absolute atomic E-state index is 0.0812. The Hall–Kier alpha value is -2.14.